The third-order valence-electron chi connectivity index (χ3n) is 3.12. The molecule has 0 bridgehead atoms. The van der Waals surface area contributed by atoms with Crippen molar-refractivity contribution in [3.63, 3.8) is 0 Å². The predicted molar refractivity (Wildman–Crippen MR) is 89.9 cm³/mol. The predicted octanol–water partition coefficient (Wildman–Crippen LogP) is 5.22. The molecule has 0 aliphatic rings. The number of thiophene rings is 1. The molecular formula is C16H15BrN2S. The summed E-state index contributed by atoms with van der Waals surface area (Å²) in [4.78, 5) is 2.66. The first-order chi connectivity index (χ1) is 9.72. The fourth-order valence-corrected chi connectivity index (χ4v) is 3.62. The van der Waals surface area contributed by atoms with Crippen LogP contribution in [0.3, 0.4) is 0 Å². The van der Waals surface area contributed by atoms with Gasteiger partial charge in [0.05, 0.1) is 0 Å². The maximum absolute atomic E-state index is 3.56. The monoisotopic (exact) mass is 346 g/mol. The molecule has 0 spiro atoms. The Balaban J connectivity index is 1.73. The molecule has 0 aliphatic carbocycles. The number of hydrogen-bond donors (Lipinski definition) is 1. The van der Waals surface area contributed by atoms with Crippen LogP contribution in [0.15, 0.2) is 59.3 Å². The van der Waals surface area contributed by atoms with Crippen molar-refractivity contribution in [3.8, 4) is 5.69 Å². The molecule has 20 heavy (non-hydrogen) atoms. The van der Waals surface area contributed by atoms with Crippen LogP contribution in [0.2, 0.25) is 0 Å². The molecule has 0 fully saturated rings. The highest BCUT2D eigenvalue weighted by molar-refractivity contribution is 9.10. The molecule has 0 unspecified atom stereocenters. The van der Waals surface area contributed by atoms with E-state index in [-0.39, 0.29) is 0 Å². The van der Waals surface area contributed by atoms with Gasteiger partial charge in [0.25, 0.3) is 0 Å². The van der Waals surface area contributed by atoms with Crippen molar-refractivity contribution in [2.24, 2.45) is 0 Å². The third-order valence-corrected chi connectivity index (χ3v) is 5.26. The van der Waals surface area contributed by atoms with Gasteiger partial charge in [-0.2, -0.15) is 0 Å². The van der Waals surface area contributed by atoms with E-state index < -0.39 is 0 Å². The molecule has 3 aromatic rings. The minimum Gasteiger partial charge on any atom is -0.380 e. The molecular weight excluding hydrogens is 332 g/mol. The van der Waals surface area contributed by atoms with Gasteiger partial charge >= 0.3 is 0 Å². The number of aryl methyl sites for hydroxylation is 1. The molecule has 0 radical (unpaired) electrons. The second kappa shape index (κ2) is 5.85. The summed E-state index contributed by atoms with van der Waals surface area (Å²) in [5, 5.41) is 3.48. The Morgan fingerprint density at radius 3 is 2.65 bits per heavy atom. The first-order valence-corrected chi connectivity index (χ1v) is 8.05. The maximum atomic E-state index is 3.56. The fraction of sp³-hybridized carbons (Fsp3) is 0.125. The Labute approximate surface area is 131 Å². The molecule has 0 atom stereocenters. The zero-order chi connectivity index (χ0) is 13.9. The summed E-state index contributed by atoms with van der Waals surface area (Å²) in [6.07, 6.45) is 4.11. The van der Waals surface area contributed by atoms with E-state index in [9.17, 15) is 0 Å². The van der Waals surface area contributed by atoms with Gasteiger partial charge in [0.1, 0.15) is 0 Å². The SMILES string of the molecule is Cc1sc(CNc2cccc(-n3cccc3)c2)cc1Br. The lowest BCUT2D eigenvalue weighted by molar-refractivity contribution is 1.08. The molecule has 2 nitrogen and oxygen atoms in total. The van der Waals surface area contributed by atoms with Crippen LogP contribution in [0, 0.1) is 6.92 Å². The molecule has 1 aromatic carbocycles. The average molecular weight is 347 g/mol. The van der Waals surface area contributed by atoms with Crippen LogP contribution in [0.5, 0.6) is 0 Å². The first kappa shape index (κ1) is 13.5. The standard InChI is InChI=1S/C16H15BrN2S/c1-12-16(17)10-15(20-12)11-18-13-5-4-6-14(9-13)19-7-2-3-8-19/h2-10,18H,11H2,1H3. The van der Waals surface area contributed by atoms with Gasteiger partial charge in [-0.3, -0.25) is 0 Å². The summed E-state index contributed by atoms with van der Waals surface area (Å²) in [6.45, 7) is 2.98. The summed E-state index contributed by atoms with van der Waals surface area (Å²) >= 11 is 5.38. The molecule has 2 aromatic heterocycles. The lowest BCUT2D eigenvalue weighted by Crippen LogP contribution is -1.98. The second-order valence-electron chi connectivity index (χ2n) is 4.61. The quantitative estimate of drug-likeness (QED) is 0.684. The van der Waals surface area contributed by atoms with Crippen LogP contribution in [0.4, 0.5) is 5.69 Å². The van der Waals surface area contributed by atoms with Gasteiger partial charge in [-0.25, -0.2) is 0 Å². The molecule has 4 heteroatoms. The highest BCUT2D eigenvalue weighted by atomic mass is 79.9. The minimum absolute atomic E-state index is 0.853. The second-order valence-corrected chi connectivity index (χ2v) is 6.81. The van der Waals surface area contributed by atoms with Crippen LogP contribution in [-0.2, 0) is 6.54 Å². The van der Waals surface area contributed by atoms with E-state index in [0.29, 0.717) is 0 Å². The van der Waals surface area contributed by atoms with Crippen molar-refractivity contribution in [2.75, 3.05) is 5.32 Å². The summed E-state index contributed by atoms with van der Waals surface area (Å²) in [7, 11) is 0. The van der Waals surface area contributed by atoms with Crippen LogP contribution in [-0.4, -0.2) is 4.57 Å². The normalized spacial score (nSPS) is 10.7. The van der Waals surface area contributed by atoms with Crippen LogP contribution >= 0.6 is 27.3 Å². The molecule has 3 rings (SSSR count). The Hall–Kier alpha value is -1.52. The smallest absolute Gasteiger partial charge is 0.0494 e. The lowest BCUT2D eigenvalue weighted by Gasteiger charge is -2.08. The number of nitrogens with one attached hydrogen (secondary N) is 1. The molecule has 0 saturated carbocycles. The van der Waals surface area contributed by atoms with Gasteiger partial charge in [-0.15, -0.1) is 11.3 Å². The third kappa shape index (κ3) is 2.97. The molecule has 102 valence electrons. The number of halogens is 1. The van der Waals surface area contributed by atoms with Crippen LogP contribution < -0.4 is 5.32 Å². The summed E-state index contributed by atoms with van der Waals surface area (Å²) in [5.41, 5.74) is 2.31. The van der Waals surface area contributed by atoms with Gasteiger partial charge < -0.3 is 9.88 Å². The zero-order valence-electron chi connectivity index (χ0n) is 11.1. The van der Waals surface area contributed by atoms with Gasteiger partial charge in [-0.05, 0) is 59.3 Å². The van der Waals surface area contributed by atoms with Crippen molar-refractivity contribution in [2.45, 2.75) is 13.5 Å². The van der Waals surface area contributed by atoms with Gasteiger partial charge in [0.15, 0.2) is 0 Å². The van der Waals surface area contributed by atoms with Gasteiger partial charge in [-0.1, -0.05) is 6.07 Å². The molecule has 1 N–H and O–H groups in total. The van der Waals surface area contributed by atoms with E-state index in [1.54, 1.807) is 0 Å². The summed E-state index contributed by atoms with van der Waals surface area (Å²) in [6, 6.07) is 14.7. The van der Waals surface area contributed by atoms with Crippen molar-refractivity contribution < 1.29 is 0 Å². The number of anilines is 1. The van der Waals surface area contributed by atoms with Crippen molar-refractivity contribution in [1.29, 1.82) is 0 Å². The van der Waals surface area contributed by atoms with E-state index in [4.69, 9.17) is 0 Å². The first-order valence-electron chi connectivity index (χ1n) is 6.44. The van der Waals surface area contributed by atoms with E-state index in [1.807, 2.05) is 23.5 Å². The fourth-order valence-electron chi connectivity index (χ4n) is 2.08. The van der Waals surface area contributed by atoms with Crippen molar-refractivity contribution in [1.82, 2.24) is 4.57 Å². The number of rotatable bonds is 4. The number of nitrogens with zero attached hydrogens (tertiary/aromatic N) is 1. The van der Waals surface area contributed by atoms with E-state index >= 15 is 0 Å². The van der Waals surface area contributed by atoms with Crippen LogP contribution in [0.1, 0.15) is 9.75 Å². The largest absolute Gasteiger partial charge is 0.380 e. The topological polar surface area (TPSA) is 17.0 Å². The van der Waals surface area contributed by atoms with Crippen LogP contribution in [0.25, 0.3) is 5.69 Å². The highest BCUT2D eigenvalue weighted by Gasteiger charge is 2.03. The molecule has 0 aliphatic heterocycles. The zero-order valence-corrected chi connectivity index (χ0v) is 13.5. The van der Waals surface area contributed by atoms with E-state index in [2.05, 4.69) is 75.5 Å². The Morgan fingerprint density at radius 1 is 1.15 bits per heavy atom. The number of benzene rings is 1. The summed E-state index contributed by atoms with van der Waals surface area (Å²) < 4.78 is 3.30. The van der Waals surface area contributed by atoms with Crippen molar-refractivity contribution >= 4 is 33.0 Å². The summed E-state index contributed by atoms with van der Waals surface area (Å²) in [5.74, 6) is 0. The maximum Gasteiger partial charge on any atom is 0.0494 e. The van der Waals surface area contributed by atoms with Gasteiger partial charge in [0, 0.05) is 44.5 Å². The van der Waals surface area contributed by atoms with Gasteiger partial charge in [0.2, 0.25) is 0 Å². The molecule has 2 heterocycles. The van der Waals surface area contributed by atoms with E-state index in [1.165, 1.54) is 19.9 Å². The van der Waals surface area contributed by atoms with E-state index in [0.717, 1.165) is 12.2 Å². The highest BCUT2D eigenvalue weighted by Crippen LogP contribution is 2.27. The lowest BCUT2D eigenvalue weighted by atomic mass is 10.2. The minimum atomic E-state index is 0.853. The Kier molecular flexibility index (Phi) is 3.94. The number of hydrogen-bond acceptors (Lipinski definition) is 2. The Morgan fingerprint density at radius 2 is 1.95 bits per heavy atom. The average Bonchev–Trinajstić information content (AvgIpc) is 3.08. The Bertz CT molecular complexity index is 682. The number of aromatic nitrogens is 1. The van der Waals surface area contributed by atoms with Crippen molar-refractivity contribution in [3.05, 3.63) is 69.1 Å². The molecule has 0 amide bonds. The molecule has 0 saturated heterocycles.